The molecule has 2 amide bonds. The molecule has 1 aliphatic heterocycles. The smallest absolute Gasteiger partial charge is 0.249 e. The highest BCUT2D eigenvalue weighted by atomic mass is 16.2. The molecule has 2 rings (SSSR count). The number of nitrogens with zero attached hydrogens (tertiary/aromatic N) is 2. The van der Waals surface area contributed by atoms with Crippen LogP contribution in [0.3, 0.4) is 0 Å². The van der Waals surface area contributed by atoms with Gasteiger partial charge in [0.15, 0.2) is 0 Å². The lowest BCUT2D eigenvalue weighted by Crippen LogP contribution is -2.70. The van der Waals surface area contributed by atoms with Crippen molar-refractivity contribution in [2.24, 2.45) is 5.92 Å². The lowest BCUT2D eigenvalue weighted by molar-refractivity contribution is -0.155. The number of carbonyl (C=O) groups is 2. The fourth-order valence-electron chi connectivity index (χ4n) is 3.13. The molecule has 2 unspecified atom stereocenters. The Balaban J connectivity index is 2.10. The van der Waals surface area contributed by atoms with E-state index in [1.54, 1.807) is 0 Å². The number of piperazine rings is 1. The Morgan fingerprint density at radius 3 is 2.50 bits per heavy atom. The van der Waals surface area contributed by atoms with E-state index in [0.717, 1.165) is 25.8 Å². The van der Waals surface area contributed by atoms with E-state index in [0.29, 0.717) is 18.9 Å². The molecule has 0 spiro atoms. The topological polar surface area (TPSA) is 52.7 Å². The third-order valence-electron chi connectivity index (χ3n) is 4.55. The van der Waals surface area contributed by atoms with Crippen molar-refractivity contribution in [2.45, 2.75) is 51.1 Å². The van der Waals surface area contributed by atoms with E-state index in [1.807, 2.05) is 32.8 Å². The zero-order valence-electron chi connectivity index (χ0n) is 13.1. The standard InChI is InChI=1S/C15H27N3O2/c1-5-12-13(19)16-15(2,11-7-8-11)14(20)18(12)10-6-9-17(3)4/h11-12H,5-10H2,1-4H3,(H,16,19). The second-order valence-corrected chi connectivity index (χ2v) is 6.55. The molecule has 2 fully saturated rings. The third kappa shape index (κ3) is 2.82. The van der Waals surface area contributed by atoms with Crippen molar-refractivity contribution >= 4 is 11.8 Å². The highest BCUT2D eigenvalue weighted by molar-refractivity contribution is 6.00. The molecule has 20 heavy (non-hydrogen) atoms. The van der Waals surface area contributed by atoms with Crippen molar-refractivity contribution < 1.29 is 9.59 Å². The number of nitrogens with one attached hydrogen (secondary N) is 1. The predicted molar refractivity (Wildman–Crippen MR) is 78.2 cm³/mol. The summed E-state index contributed by atoms with van der Waals surface area (Å²) < 4.78 is 0. The van der Waals surface area contributed by atoms with Crippen LogP contribution in [0, 0.1) is 5.92 Å². The van der Waals surface area contributed by atoms with E-state index >= 15 is 0 Å². The zero-order chi connectivity index (χ0) is 14.9. The van der Waals surface area contributed by atoms with Gasteiger partial charge in [0, 0.05) is 6.54 Å². The third-order valence-corrected chi connectivity index (χ3v) is 4.55. The number of amides is 2. The molecule has 1 saturated heterocycles. The van der Waals surface area contributed by atoms with Crippen molar-refractivity contribution in [3.63, 3.8) is 0 Å². The van der Waals surface area contributed by atoms with Gasteiger partial charge in [-0.25, -0.2) is 0 Å². The summed E-state index contributed by atoms with van der Waals surface area (Å²) in [5.74, 6) is 0.463. The molecule has 0 aromatic rings. The van der Waals surface area contributed by atoms with Crippen molar-refractivity contribution in [1.82, 2.24) is 15.1 Å². The first-order valence-electron chi connectivity index (χ1n) is 7.68. The molecule has 0 aromatic heterocycles. The van der Waals surface area contributed by atoms with Gasteiger partial charge in [0.1, 0.15) is 11.6 Å². The maximum atomic E-state index is 12.8. The Kier molecular flexibility index (Phi) is 4.37. The Bertz CT molecular complexity index is 393. The summed E-state index contributed by atoms with van der Waals surface area (Å²) in [6, 6.07) is -0.295. The molecule has 2 atom stereocenters. The fourth-order valence-corrected chi connectivity index (χ4v) is 3.13. The van der Waals surface area contributed by atoms with Gasteiger partial charge in [0.2, 0.25) is 11.8 Å². The Morgan fingerprint density at radius 1 is 1.35 bits per heavy atom. The largest absolute Gasteiger partial charge is 0.340 e. The van der Waals surface area contributed by atoms with Gasteiger partial charge in [-0.1, -0.05) is 6.92 Å². The van der Waals surface area contributed by atoms with E-state index < -0.39 is 5.54 Å². The molecule has 114 valence electrons. The molecule has 1 heterocycles. The molecule has 2 aliphatic rings. The Morgan fingerprint density at radius 2 is 2.00 bits per heavy atom. The van der Waals surface area contributed by atoms with Crippen LogP contribution in [0.15, 0.2) is 0 Å². The van der Waals surface area contributed by atoms with Gasteiger partial charge in [-0.2, -0.15) is 0 Å². The van der Waals surface area contributed by atoms with Gasteiger partial charge in [0.05, 0.1) is 0 Å². The molecule has 5 nitrogen and oxygen atoms in total. The number of hydrogen-bond acceptors (Lipinski definition) is 3. The summed E-state index contributed by atoms with van der Waals surface area (Å²) >= 11 is 0. The van der Waals surface area contributed by atoms with Crippen molar-refractivity contribution in [2.75, 3.05) is 27.2 Å². The number of carbonyl (C=O) groups excluding carboxylic acids is 2. The van der Waals surface area contributed by atoms with Crippen LogP contribution in [0.2, 0.25) is 0 Å². The molecule has 1 N–H and O–H groups in total. The van der Waals surface area contributed by atoms with Gasteiger partial charge in [-0.05, 0) is 59.2 Å². The molecule has 0 radical (unpaired) electrons. The van der Waals surface area contributed by atoms with E-state index in [1.165, 1.54) is 0 Å². The summed E-state index contributed by atoms with van der Waals surface area (Å²) in [7, 11) is 4.05. The quantitative estimate of drug-likeness (QED) is 0.785. The van der Waals surface area contributed by atoms with Crippen LogP contribution < -0.4 is 5.32 Å². The highest BCUT2D eigenvalue weighted by Gasteiger charge is 2.54. The van der Waals surface area contributed by atoms with Crippen LogP contribution in [0.5, 0.6) is 0 Å². The van der Waals surface area contributed by atoms with E-state index in [-0.39, 0.29) is 17.9 Å². The van der Waals surface area contributed by atoms with E-state index in [4.69, 9.17) is 0 Å². The van der Waals surface area contributed by atoms with Crippen molar-refractivity contribution in [1.29, 1.82) is 0 Å². The van der Waals surface area contributed by atoms with Crippen molar-refractivity contribution in [3.8, 4) is 0 Å². The molecule has 0 bridgehead atoms. The second-order valence-electron chi connectivity index (χ2n) is 6.55. The van der Waals surface area contributed by atoms with E-state index in [2.05, 4.69) is 10.2 Å². The minimum absolute atomic E-state index is 0.0198. The maximum absolute atomic E-state index is 12.8. The normalized spacial score (nSPS) is 30.9. The highest BCUT2D eigenvalue weighted by Crippen LogP contribution is 2.42. The Labute approximate surface area is 121 Å². The molecular weight excluding hydrogens is 254 g/mol. The minimum Gasteiger partial charge on any atom is -0.340 e. The monoisotopic (exact) mass is 281 g/mol. The minimum atomic E-state index is -0.666. The van der Waals surface area contributed by atoms with Crippen molar-refractivity contribution in [3.05, 3.63) is 0 Å². The van der Waals surface area contributed by atoms with Gasteiger partial charge in [0.25, 0.3) is 0 Å². The van der Waals surface area contributed by atoms with Crippen LogP contribution >= 0.6 is 0 Å². The van der Waals surface area contributed by atoms with Crippen LogP contribution in [0.1, 0.15) is 39.5 Å². The lowest BCUT2D eigenvalue weighted by atomic mass is 9.88. The average molecular weight is 281 g/mol. The van der Waals surface area contributed by atoms with Gasteiger partial charge >= 0.3 is 0 Å². The van der Waals surface area contributed by atoms with Crippen LogP contribution in [-0.4, -0.2) is 60.4 Å². The van der Waals surface area contributed by atoms with Crippen LogP contribution in [-0.2, 0) is 9.59 Å². The molecular formula is C15H27N3O2. The fraction of sp³-hybridized carbons (Fsp3) is 0.867. The molecule has 1 saturated carbocycles. The number of hydrogen-bond donors (Lipinski definition) is 1. The zero-order valence-corrected chi connectivity index (χ0v) is 13.1. The first-order chi connectivity index (χ1) is 9.40. The van der Waals surface area contributed by atoms with Gasteiger partial charge < -0.3 is 15.1 Å². The summed E-state index contributed by atoms with van der Waals surface area (Å²) in [6.45, 7) is 5.47. The summed E-state index contributed by atoms with van der Waals surface area (Å²) in [5.41, 5.74) is -0.666. The Hall–Kier alpha value is -1.10. The predicted octanol–water partition coefficient (Wildman–Crippen LogP) is 0.844. The molecule has 0 aromatic carbocycles. The molecule has 1 aliphatic carbocycles. The summed E-state index contributed by atoms with van der Waals surface area (Å²) in [4.78, 5) is 29.1. The summed E-state index contributed by atoms with van der Waals surface area (Å²) in [6.07, 6.45) is 3.68. The SMILES string of the molecule is CCC1C(=O)NC(C)(C2CC2)C(=O)N1CCCN(C)C. The van der Waals surface area contributed by atoms with Crippen LogP contribution in [0.25, 0.3) is 0 Å². The van der Waals surface area contributed by atoms with Gasteiger partial charge in [-0.15, -0.1) is 0 Å². The maximum Gasteiger partial charge on any atom is 0.249 e. The number of rotatable bonds is 6. The first kappa shape index (κ1) is 15.3. The second kappa shape index (κ2) is 5.72. The lowest BCUT2D eigenvalue weighted by Gasteiger charge is -2.44. The first-order valence-corrected chi connectivity index (χ1v) is 7.68. The summed E-state index contributed by atoms with van der Waals surface area (Å²) in [5, 5.41) is 2.99. The van der Waals surface area contributed by atoms with E-state index in [9.17, 15) is 9.59 Å². The van der Waals surface area contributed by atoms with Gasteiger partial charge in [-0.3, -0.25) is 9.59 Å². The van der Waals surface area contributed by atoms with Crippen LogP contribution in [0.4, 0.5) is 0 Å². The average Bonchev–Trinajstić information content (AvgIpc) is 3.19. The molecule has 5 heteroatoms.